The van der Waals surface area contributed by atoms with Crippen LogP contribution in [0, 0.1) is 5.92 Å². The zero-order valence-electron chi connectivity index (χ0n) is 16.8. The minimum atomic E-state index is -1.44. The standard InChI is InChI=1S/C17H30N4O7S2/c1-8(2)5-11(20-14(24)9(18)6-29)15(25)21-12(7-30)16(26)19-10(17(27)28)3-4-13(22)23/h8-12,29-30H,3-7,18H2,1-2H3,(H,19,26)(H,20,24)(H,21,25)(H,22,23)(H,27,28). The van der Waals surface area contributed by atoms with Gasteiger partial charge in [-0.15, -0.1) is 0 Å². The molecule has 0 aromatic rings. The van der Waals surface area contributed by atoms with E-state index in [9.17, 15) is 24.0 Å². The minimum absolute atomic E-state index is 0.0314. The summed E-state index contributed by atoms with van der Waals surface area (Å²) < 4.78 is 0. The Labute approximate surface area is 185 Å². The second-order valence-corrected chi connectivity index (χ2v) is 7.79. The van der Waals surface area contributed by atoms with E-state index in [4.69, 9.17) is 15.9 Å². The smallest absolute Gasteiger partial charge is 0.326 e. The van der Waals surface area contributed by atoms with Crippen LogP contribution in [0.15, 0.2) is 0 Å². The summed E-state index contributed by atoms with van der Waals surface area (Å²) in [6.45, 7) is 3.68. The number of carbonyl (C=O) groups is 5. The van der Waals surface area contributed by atoms with Crippen LogP contribution in [0.2, 0.25) is 0 Å². The molecule has 4 atom stereocenters. The van der Waals surface area contributed by atoms with Crippen molar-refractivity contribution in [1.82, 2.24) is 16.0 Å². The Morgan fingerprint density at radius 2 is 1.33 bits per heavy atom. The van der Waals surface area contributed by atoms with Crippen LogP contribution < -0.4 is 21.7 Å². The lowest BCUT2D eigenvalue weighted by Gasteiger charge is -2.25. The van der Waals surface area contributed by atoms with Crippen molar-refractivity contribution in [3.63, 3.8) is 0 Å². The van der Waals surface area contributed by atoms with Crippen molar-refractivity contribution in [3.05, 3.63) is 0 Å². The summed E-state index contributed by atoms with van der Waals surface area (Å²) in [5.74, 6) is -4.72. The second-order valence-electron chi connectivity index (χ2n) is 7.06. The minimum Gasteiger partial charge on any atom is -0.481 e. The highest BCUT2D eigenvalue weighted by Gasteiger charge is 2.30. The molecule has 0 fully saturated rings. The van der Waals surface area contributed by atoms with E-state index < -0.39 is 60.2 Å². The van der Waals surface area contributed by atoms with Gasteiger partial charge in [-0.2, -0.15) is 25.3 Å². The van der Waals surface area contributed by atoms with Crippen molar-refractivity contribution in [2.24, 2.45) is 11.7 Å². The molecule has 7 N–H and O–H groups in total. The Hall–Kier alpha value is -1.99. The molecule has 0 aromatic carbocycles. The predicted octanol–water partition coefficient (Wildman–Crippen LogP) is -1.38. The third kappa shape index (κ3) is 10.7. The van der Waals surface area contributed by atoms with E-state index in [0.717, 1.165) is 0 Å². The molecule has 172 valence electrons. The summed E-state index contributed by atoms with van der Waals surface area (Å²) in [5, 5.41) is 25.0. The molecule has 0 radical (unpaired) electrons. The van der Waals surface area contributed by atoms with E-state index in [-0.39, 0.29) is 30.3 Å². The fourth-order valence-corrected chi connectivity index (χ4v) is 2.75. The van der Waals surface area contributed by atoms with Gasteiger partial charge in [0.1, 0.15) is 18.1 Å². The van der Waals surface area contributed by atoms with Crippen LogP contribution in [0.4, 0.5) is 0 Å². The Kier molecular flexibility index (Phi) is 13.2. The first-order chi connectivity index (χ1) is 13.9. The molecule has 11 nitrogen and oxygen atoms in total. The van der Waals surface area contributed by atoms with Crippen molar-refractivity contribution in [3.8, 4) is 0 Å². The zero-order valence-corrected chi connectivity index (χ0v) is 18.6. The van der Waals surface area contributed by atoms with Gasteiger partial charge < -0.3 is 31.9 Å². The van der Waals surface area contributed by atoms with Gasteiger partial charge in [-0.05, 0) is 18.8 Å². The molecule has 4 unspecified atom stereocenters. The Morgan fingerprint density at radius 1 is 0.833 bits per heavy atom. The van der Waals surface area contributed by atoms with Crippen LogP contribution in [0.1, 0.15) is 33.1 Å². The van der Waals surface area contributed by atoms with Crippen molar-refractivity contribution < 1.29 is 34.2 Å². The maximum Gasteiger partial charge on any atom is 0.326 e. The first kappa shape index (κ1) is 28.0. The Balaban J connectivity index is 5.18. The van der Waals surface area contributed by atoms with Crippen molar-refractivity contribution in [1.29, 1.82) is 0 Å². The summed E-state index contributed by atoms with van der Waals surface area (Å²) in [5.41, 5.74) is 5.61. The highest BCUT2D eigenvalue weighted by Crippen LogP contribution is 2.07. The lowest BCUT2D eigenvalue weighted by molar-refractivity contribution is -0.143. The molecule has 0 aliphatic rings. The van der Waals surface area contributed by atoms with Crippen LogP contribution in [0.3, 0.4) is 0 Å². The quantitative estimate of drug-likeness (QED) is 0.144. The number of amides is 3. The number of nitrogens with one attached hydrogen (secondary N) is 3. The maximum atomic E-state index is 12.6. The first-order valence-corrected chi connectivity index (χ1v) is 10.5. The van der Waals surface area contributed by atoms with Gasteiger partial charge in [0, 0.05) is 17.9 Å². The molecule has 0 aromatic heterocycles. The molecular weight excluding hydrogens is 436 g/mol. The van der Waals surface area contributed by atoms with E-state index in [1.165, 1.54) is 0 Å². The summed E-state index contributed by atoms with van der Waals surface area (Å²) in [7, 11) is 0. The SMILES string of the molecule is CC(C)CC(NC(=O)C(N)CS)C(=O)NC(CS)C(=O)NC(CCC(=O)O)C(=O)O. The average molecular weight is 467 g/mol. The summed E-state index contributed by atoms with van der Waals surface area (Å²) in [6.07, 6.45) is -0.505. The number of thiol groups is 2. The molecule has 0 bridgehead atoms. The van der Waals surface area contributed by atoms with E-state index in [1.54, 1.807) is 0 Å². The molecule has 3 amide bonds. The van der Waals surface area contributed by atoms with Gasteiger partial charge >= 0.3 is 11.9 Å². The number of carboxylic acid groups (broad SMARTS) is 2. The molecular formula is C17H30N4O7S2. The fourth-order valence-electron chi connectivity index (χ4n) is 2.33. The van der Waals surface area contributed by atoms with Gasteiger partial charge in [0.2, 0.25) is 17.7 Å². The molecule has 0 aliphatic carbocycles. The monoisotopic (exact) mass is 466 g/mol. The van der Waals surface area contributed by atoms with Crippen LogP contribution in [0.25, 0.3) is 0 Å². The number of carbonyl (C=O) groups excluding carboxylic acids is 3. The van der Waals surface area contributed by atoms with Gasteiger partial charge in [0.15, 0.2) is 0 Å². The van der Waals surface area contributed by atoms with Gasteiger partial charge in [-0.1, -0.05) is 13.8 Å². The summed E-state index contributed by atoms with van der Waals surface area (Å²) >= 11 is 7.95. The Morgan fingerprint density at radius 3 is 1.77 bits per heavy atom. The first-order valence-electron chi connectivity index (χ1n) is 9.25. The molecule has 0 heterocycles. The van der Waals surface area contributed by atoms with Gasteiger partial charge in [-0.3, -0.25) is 19.2 Å². The fraction of sp³-hybridized carbons (Fsp3) is 0.706. The molecule has 0 aliphatic heterocycles. The molecule has 0 saturated carbocycles. The maximum absolute atomic E-state index is 12.6. The lowest BCUT2D eigenvalue weighted by atomic mass is 10.0. The lowest BCUT2D eigenvalue weighted by Crippen LogP contribution is -2.58. The molecule has 0 saturated heterocycles. The Bertz CT molecular complexity index is 633. The summed E-state index contributed by atoms with van der Waals surface area (Å²) in [6, 6.07) is -4.52. The third-order valence-electron chi connectivity index (χ3n) is 3.95. The number of nitrogens with two attached hydrogens (primary N) is 1. The van der Waals surface area contributed by atoms with Crippen LogP contribution >= 0.6 is 25.3 Å². The number of carboxylic acids is 2. The summed E-state index contributed by atoms with van der Waals surface area (Å²) in [4.78, 5) is 59.0. The molecule has 30 heavy (non-hydrogen) atoms. The highest BCUT2D eigenvalue weighted by molar-refractivity contribution is 7.80. The van der Waals surface area contributed by atoms with Crippen LogP contribution in [0.5, 0.6) is 0 Å². The molecule has 0 spiro atoms. The van der Waals surface area contributed by atoms with E-state index in [0.29, 0.717) is 0 Å². The number of aliphatic carboxylic acids is 2. The van der Waals surface area contributed by atoms with E-state index in [1.807, 2.05) is 13.8 Å². The average Bonchev–Trinajstić information content (AvgIpc) is 2.66. The number of hydrogen-bond donors (Lipinski definition) is 8. The molecule has 13 heteroatoms. The second kappa shape index (κ2) is 14.1. The van der Waals surface area contributed by atoms with Crippen LogP contribution in [-0.4, -0.2) is 75.5 Å². The number of hydrogen-bond acceptors (Lipinski definition) is 8. The topological polar surface area (TPSA) is 188 Å². The van der Waals surface area contributed by atoms with Gasteiger partial charge in [-0.25, -0.2) is 4.79 Å². The largest absolute Gasteiger partial charge is 0.481 e. The van der Waals surface area contributed by atoms with Gasteiger partial charge in [0.25, 0.3) is 0 Å². The predicted molar refractivity (Wildman–Crippen MR) is 115 cm³/mol. The highest BCUT2D eigenvalue weighted by atomic mass is 32.1. The van der Waals surface area contributed by atoms with Gasteiger partial charge in [0.05, 0.1) is 6.04 Å². The van der Waals surface area contributed by atoms with Crippen molar-refractivity contribution >= 4 is 54.9 Å². The van der Waals surface area contributed by atoms with Crippen molar-refractivity contribution in [2.75, 3.05) is 11.5 Å². The zero-order chi connectivity index (χ0) is 23.4. The van der Waals surface area contributed by atoms with Crippen LogP contribution in [-0.2, 0) is 24.0 Å². The normalized spacial score (nSPS) is 14.9. The third-order valence-corrected chi connectivity index (χ3v) is 4.71. The molecule has 0 rings (SSSR count). The van der Waals surface area contributed by atoms with Crippen molar-refractivity contribution in [2.45, 2.75) is 57.3 Å². The number of rotatable bonds is 14. The van der Waals surface area contributed by atoms with E-state index >= 15 is 0 Å². The van der Waals surface area contributed by atoms with E-state index in [2.05, 4.69) is 41.2 Å².